The molecule has 0 unspecified atom stereocenters. The highest BCUT2D eigenvalue weighted by atomic mass is 127. The highest BCUT2D eigenvalue weighted by Gasteiger charge is 2.24. The molecule has 62 valence electrons. The van der Waals surface area contributed by atoms with Gasteiger partial charge in [0.05, 0.1) is 0 Å². The van der Waals surface area contributed by atoms with E-state index in [2.05, 4.69) is 31.0 Å². The van der Waals surface area contributed by atoms with Gasteiger partial charge < -0.3 is 4.42 Å². The highest BCUT2D eigenvalue weighted by Crippen LogP contribution is 2.25. The number of rotatable bonds is 2. The van der Waals surface area contributed by atoms with Crippen LogP contribution in [0.4, 0.5) is 0 Å². The maximum atomic E-state index is 5.30. The maximum absolute atomic E-state index is 5.30. The molecule has 0 aliphatic carbocycles. The lowest BCUT2D eigenvalue weighted by molar-refractivity contribution is 0.350. The first-order valence-electron chi connectivity index (χ1n) is 3.56. The molecule has 0 saturated heterocycles. The zero-order valence-electron chi connectivity index (χ0n) is 6.89. The smallest absolute Gasteiger partial charge is 0.278 e. The lowest BCUT2D eigenvalue weighted by atomic mass is 9.90. The molecule has 11 heavy (non-hydrogen) atoms. The van der Waals surface area contributed by atoms with Crippen molar-refractivity contribution in [2.75, 3.05) is 0 Å². The van der Waals surface area contributed by atoms with Crippen LogP contribution in [0, 0.1) is 3.90 Å². The summed E-state index contributed by atoms with van der Waals surface area (Å²) in [6.07, 6.45) is 1.01. The van der Waals surface area contributed by atoms with Gasteiger partial charge in [0, 0.05) is 28.0 Å². The van der Waals surface area contributed by atoms with E-state index in [-0.39, 0.29) is 5.41 Å². The second-order valence-electron chi connectivity index (χ2n) is 3.10. The molecule has 0 aliphatic heterocycles. The van der Waals surface area contributed by atoms with E-state index >= 15 is 0 Å². The van der Waals surface area contributed by atoms with Gasteiger partial charge in [-0.2, -0.15) is 0 Å². The average molecular weight is 266 g/mol. The van der Waals surface area contributed by atoms with Crippen LogP contribution in [0.25, 0.3) is 0 Å². The van der Waals surface area contributed by atoms with Crippen molar-refractivity contribution in [2.24, 2.45) is 0 Å². The van der Waals surface area contributed by atoms with Crippen molar-refractivity contribution < 1.29 is 4.42 Å². The Balaban J connectivity index is 2.92. The van der Waals surface area contributed by atoms with E-state index in [0.29, 0.717) is 3.90 Å². The lowest BCUT2D eigenvalue weighted by Gasteiger charge is -2.16. The summed E-state index contributed by atoms with van der Waals surface area (Å²) in [6.45, 7) is 6.30. The second-order valence-corrected chi connectivity index (χ2v) is 4.02. The van der Waals surface area contributed by atoms with Crippen LogP contribution < -0.4 is 0 Å². The highest BCUT2D eigenvalue weighted by molar-refractivity contribution is 14.1. The Bertz CT molecular complexity index is 244. The van der Waals surface area contributed by atoms with Gasteiger partial charge in [-0.1, -0.05) is 20.8 Å². The van der Waals surface area contributed by atoms with E-state index in [9.17, 15) is 0 Å². The first-order chi connectivity index (χ1) is 5.06. The molecule has 4 heteroatoms. The number of hydrogen-bond donors (Lipinski definition) is 0. The van der Waals surface area contributed by atoms with Crippen LogP contribution in [-0.2, 0) is 5.41 Å². The minimum absolute atomic E-state index is 0.0103. The summed E-state index contributed by atoms with van der Waals surface area (Å²) in [5.74, 6) is 0.726. The molecule has 0 bridgehead atoms. The van der Waals surface area contributed by atoms with Crippen LogP contribution >= 0.6 is 22.6 Å². The van der Waals surface area contributed by atoms with Gasteiger partial charge in [-0.25, -0.2) is 0 Å². The van der Waals surface area contributed by atoms with Crippen LogP contribution in [-0.4, -0.2) is 10.2 Å². The summed E-state index contributed by atoms with van der Waals surface area (Å²) in [4.78, 5) is 0. The fraction of sp³-hybridized carbons (Fsp3) is 0.714. The van der Waals surface area contributed by atoms with E-state index in [1.165, 1.54) is 0 Å². The van der Waals surface area contributed by atoms with Gasteiger partial charge in [0.25, 0.3) is 3.90 Å². The monoisotopic (exact) mass is 266 g/mol. The molecular formula is C7H11IN2O. The molecule has 0 N–H and O–H groups in total. The van der Waals surface area contributed by atoms with E-state index < -0.39 is 0 Å². The SMILES string of the molecule is CCC(C)(C)c1nnc(I)o1. The van der Waals surface area contributed by atoms with Crippen molar-refractivity contribution in [3.05, 3.63) is 9.79 Å². The normalized spacial score (nSPS) is 12.0. The molecule has 0 fully saturated rings. The van der Waals surface area contributed by atoms with Crippen molar-refractivity contribution in [3.63, 3.8) is 0 Å². The Labute approximate surface area is 79.7 Å². The number of aromatic nitrogens is 2. The van der Waals surface area contributed by atoms with Crippen LogP contribution in [0.1, 0.15) is 33.1 Å². The van der Waals surface area contributed by atoms with Gasteiger partial charge in [0.2, 0.25) is 5.89 Å². The first kappa shape index (κ1) is 8.96. The molecule has 0 amide bonds. The molecule has 0 saturated carbocycles. The molecule has 1 aromatic rings. The van der Waals surface area contributed by atoms with Crippen LogP contribution in [0.5, 0.6) is 0 Å². The molecule has 0 atom stereocenters. The zero-order valence-corrected chi connectivity index (χ0v) is 9.05. The van der Waals surface area contributed by atoms with Crippen LogP contribution in [0.15, 0.2) is 4.42 Å². The third-order valence-electron chi connectivity index (χ3n) is 1.86. The van der Waals surface area contributed by atoms with E-state index in [1.807, 2.05) is 22.6 Å². The van der Waals surface area contributed by atoms with Crippen molar-refractivity contribution in [2.45, 2.75) is 32.6 Å². The Kier molecular flexibility index (Phi) is 2.51. The summed E-state index contributed by atoms with van der Waals surface area (Å²) in [5, 5.41) is 7.73. The van der Waals surface area contributed by atoms with E-state index in [4.69, 9.17) is 4.42 Å². The molecule has 0 aromatic carbocycles. The van der Waals surface area contributed by atoms with E-state index in [1.54, 1.807) is 0 Å². The summed E-state index contributed by atoms with van der Waals surface area (Å²) in [5.41, 5.74) is 0.0103. The minimum Gasteiger partial charge on any atom is -0.416 e. The lowest BCUT2D eigenvalue weighted by Crippen LogP contribution is -2.15. The number of halogens is 1. The Morgan fingerprint density at radius 1 is 1.45 bits per heavy atom. The van der Waals surface area contributed by atoms with E-state index in [0.717, 1.165) is 12.3 Å². The fourth-order valence-electron chi connectivity index (χ4n) is 0.630. The van der Waals surface area contributed by atoms with Gasteiger partial charge in [-0.05, 0) is 6.42 Å². The summed E-state index contributed by atoms with van der Waals surface area (Å²) >= 11 is 2.02. The third-order valence-corrected chi connectivity index (χ3v) is 2.30. The van der Waals surface area contributed by atoms with Gasteiger partial charge in [-0.15, -0.1) is 10.2 Å². The second kappa shape index (κ2) is 3.08. The van der Waals surface area contributed by atoms with Gasteiger partial charge in [-0.3, -0.25) is 0 Å². The maximum Gasteiger partial charge on any atom is 0.278 e. The molecule has 1 aromatic heterocycles. The molecule has 1 heterocycles. The number of nitrogens with zero attached hydrogens (tertiary/aromatic N) is 2. The Morgan fingerprint density at radius 2 is 2.09 bits per heavy atom. The van der Waals surface area contributed by atoms with Gasteiger partial charge >= 0.3 is 0 Å². The largest absolute Gasteiger partial charge is 0.416 e. The standard InChI is InChI=1S/C7H11IN2O/c1-4-7(2,3)5-9-10-6(8)11-5/h4H2,1-3H3. The first-order valence-corrected chi connectivity index (χ1v) is 4.63. The Hall–Kier alpha value is -0.130. The van der Waals surface area contributed by atoms with Crippen molar-refractivity contribution in [1.82, 2.24) is 10.2 Å². The quantitative estimate of drug-likeness (QED) is 0.771. The van der Waals surface area contributed by atoms with Crippen molar-refractivity contribution in [1.29, 1.82) is 0 Å². The molecule has 3 nitrogen and oxygen atoms in total. The van der Waals surface area contributed by atoms with Crippen LogP contribution in [0.2, 0.25) is 0 Å². The molecular weight excluding hydrogens is 255 g/mol. The summed E-state index contributed by atoms with van der Waals surface area (Å²) in [7, 11) is 0. The Morgan fingerprint density at radius 3 is 2.45 bits per heavy atom. The van der Waals surface area contributed by atoms with Gasteiger partial charge in [0.15, 0.2) is 0 Å². The summed E-state index contributed by atoms with van der Waals surface area (Å²) < 4.78 is 5.91. The molecule has 0 aliphatic rings. The fourth-order valence-corrected chi connectivity index (χ4v) is 0.946. The molecule has 1 rings (SSSR count). The molecule has 0 radical (unpaired) electrons. The molecule has 0 spiro atoms. The zero-order chi connectivity index (χ0) is 8.48. The van der Waals surface area contributed by atoms with Crippen LogP contribution in [0.3, 0.4) is 0 Å². The average Bonchev–Trinajstić information content (AvgIpc) is 2.36. The number of hydrogen-bond acceptors (Lipinski definition) is 3. The third kappa shape index (κ3) is 1.91. The topological polar surface area (TPSA) is 38.9 Å². The predicted molar refractivity (Wildman–Crippen MR) is 50.3 cm³/mol. The predicted octanol–water partition coefficient (Wildman–Crippen LogP) is 2.36. The van der Waals surface area contributed by atoms with Crippen molar-refractivity contribution in [3.8, 4) is 0 Å². The summed E-state index contributed by atoms with van der Waals surface area (Å²) in [6, 6.07) is 0. The minimum atomic E-state index is 0.0103. The van der Waals surface area contributed by atoms with Crippen molar-refractivity contribution >= 4 is 22.6 Å². The van der Waals surface area contributed by atoms with Gasteiger partial charge in [0.1, 0.15) is 0 Å².